The maximum Gasteiger partial charge on any atom is 0.387 e. The third-order valence-electron chi connectivity index (χ3n) is 2.48. The van der Waals surface area contributed by atoms with Crippen molar-refractivity contribution in [2.75, 3.05) is 13.1 Å². The molecule has 1 aromatic rings. The van der Waals surface area contributed by atoms with E-state index in [1.54, 1.807) is 18.2 Å². The molecule has 1 rings (SSSR count). The summed E-state index contributed by atoms with van der Waals surface area (Å²) in [5.74, 6) is 0.832. The number of benzene rings is 1. The zero-order valence-electron chi connectivity index (χ0n) is 12.2. The molecule has 0 fully saturated rings. The van der Waals surface area contributed by atoms with E-state index in [4.69, 9.17) is 0 Å². The Kier molecular flexibility index (Phi) is 10.9. The third kappa shape index (κ3) is 8.03. The van der Waals surface area contributed by atoms with Crippen molar-refractivity contribution in [1.29, 1.82) is 0 Å². The molecule has 0 aromatic heterocycles. The lowest BCUT2D eigenvalue weighted by molar-refractivity contribution is -0.0504. The van der Waals surface area contributed by atoms with Gasteiger partial charge in [0.05, 0.1) is 6.54 Å². The number of aliphatic imine (C=N–C) groups is 1. The fourth-order valence-corrected chi connectivity index (χ4v) is 1.59. The second kappa shape index (κ2) is 11.5. The van der Waals surface area contributed by atoms with Gasteiger partial charge in [-0.2, -0.15) is 8.78 Å². The number of para-hydroxylation sites is 1. The molecule has 0 heterocycles. The van der Waals surface area contributed by atoms with E-state index < -0.39 is 6.61 Å². The maximum atomic E-state index is 12.3. The second-order valence-corrected chi connectivity index (χ2v) is 4.11. The molecule has 0 amide bonds. The number of ether oxygens (including phenoxy) is 1. The summed E-state index contributed by atoms with van der Waals surface area (Å²) in [6.45, 7) is 3.03. The van der Waals surface area contributed by atoms with Crippen LogP contribution in [-0.4, -0.2) is 25.7 Å². The topological polar surface area (TPSA) is 45.7 Å². The Labute approximate surface area is 141 Å². The van der Waals surface area contributed by atoms with Crippen LogP contribution in [0.5, 0.6) is 5.75 Å². The van der Waals surface area contributed by atoms with Crippen LogP contribution in [0.2, 0.25) is 0 Å². The average molecular weight is 413 g/mol. The van der Waals surface area contributed by atoms with Crippen molar-refractivity contribution in [2.45, 2.75) is 33.4 Å². The minimum atomic E-state index is -2.83. The van der Waals surface area contributed by atoms with Gasteiger partial charge in [-0.25, -0.2) is 4.99 Å². The standard InChI is InChI=1S/C14H21F2N3O.HI/c1-3-9-18-14(17-4-2)19-10-11-7-5-6-8-12(11)20-13(15)16;/h5-8,13H,3-4,9-10H2,1-2H3,(H2,17,18,19);1H. The lowest BCUT2D eigenvalue weighted by atomic mass is 10.2. The van der Waals surface area contributed by atoms with Gasteiger partial charge in [0, 0.05) is 18.7 Å². The molecule has 0 bridgehead atoms. The van der Waals surface area contributed by atoms with E-state index in [1.807, 2.05) is 6.92 Å². The highest BCUT2D eigenvalue weighted by atomic mass is 127. The zero-order valence-corrected chi connectivity index (χ0v) is 14.6. The summed E-state index contributed by atoms with van der Waals surface area (Å²) in [7, 11) is 0. The van der Waals surface area contributed by atoms with Crippen molar-refractivity contribution in [1.82, 2.24) is 10.6 Å². The van der Waals surface area contributed by atoms with Gasteiger partial charge in [-0.05, 0) is 19.4 Å². The van der Waals surface area contributed by atoms with Crippen molar-refractivity contribution >= 4 is 29.9 Å². The molecule has 0 aliphatic rings. The summed E-state index contributed by atoms with van der Waals surface area (Å²) in [6.07, 6.45) is 0.982. The van der Waals surface area contributed by atoms with Crippen LogP contribution in [0.1, 0.15) is 25.8 Å². The van der Waals surface area contributed by atoms with E-state index >= 15 is 0 Å². The molecule has 0 saturated carbocycles. The van der Waals surface area contributed by atoms with Crippen LogP contribution in [0.3, 0.4) is 0 Å². The number of guanidine groups is 1. The van der Waals surface area contributed by atoms with Gasteiger partial charge < -0.3 is 15.4 Å². The van der Waals surface area contributed by atoms with E-state index in [1.165, 1.54) is 6.07 Å². The van der Waals surface area contributed by atoms with Gasteiger partial charge in [-0.15, -0.1) is 24.0 Å². The number of hydrogen-bond donors (Lipinski definition) is 2. The quantitative estimate of drug-likeness (QED) is 0.410. The van der Waals surface area contributed by atoms with Crippen LogP contribution in [0.15, 0.2) is 29.3 Å². The number of nitrogens with one attached hydrogen (secondary N) is 2. The molecule has 120 valence electrons. The van der Waals surface area contributed by atoms with Crippen LogP contribution in [0, 0.1) is 0 Å². The van der Waals surface area contributed by atoms with Crippen LogP contribution in [0.4, 0.5) is 8.78 Å². The minimum Gasteiger partial charge on any atom is -0.434 e. The smallest absolute Gasteiger partial charge is 0.387 e. The highest BCUT2D eigenvalue weighted by molar-refractivity contribution is 14.0. The monoisotopic (exact) mass is 413 g/mol. The number of alkyl halides is 2. The molecular formula is C14H22F2IN3O. The molecule has 4 nitrogen and oxygen atoms in total. The summed E-state index contributed by atoms with van der Waals surface area (Å²) >= 11 is 0. The molecule has 0 aliphatic carbocycles. The van der Waals surface area contributed by atoms with Gasteiger partial charge >= 0.3 is 6.61 Å². The predicted molar refractivity (Wildman–Crippen MR) is 91.6 cm³/mol. The van der Waals surface area contributed by atoms with E-state index in [9.17, 15) is 8.78 Å². The Morgan fingerprint density at radius 1 is 1.24 bits per heavy atom. The summed E-state index contributed by atoms with van der Waals surface area (Å²) in [5, 5.41) is 6.25. The number of nitrogens with zero attached hydrogens (tertiary/aromatic N) is 1. The maximum absolute atomic E-state index is 12.3. The summed E-state index contributed by atoms with van der Waals surface area (Å²) < 4.78 is 29.1. The molecule has 0 aliphatic heterocycles. The Balaban J connectivity index is 0.00000400. The Morgan fingerprint density at radius 3 is 2.57 bits per heavy atom. The molecule has 21 heavy (non-hydrogen) atoms. The molecule has 1 aromatic carbocycles. The van der Waals surface area contributed by atoms with Crippen LogP contribution in [-0.2, 0) is 6.54 Å². The molecular weight excluding hydrogens is 391 g/mol. The predicted octanol–water partition coefficient (Wildman–Crippen LogP) is 3.37. The summed E-state index contributed by atoms with van der Waals surface area (Å²) in [6, 6.07) is 6.68. The zero-order chi connectivity index (χ0) is 14.8. The van der Waals surface area contributed by atoms with Gasteiger partial charge in [0.15, 0.2) is 5.96 Å². The molecule has 7 heteroatoms. The molecule has 0 radical (unpaired) electrons. The van der Waals surface area contributed by atoms with Gasteiger partial charge in [-0.3, -0.25) is 0 Å². The lowest BCUT2D eigenvalue weighted by Gasteiger charge is -2.12. The molecule has 0 atom stereocenters. The van der Waals surface area contributed by atoms with Gasteiger partial charge in [0.25, 0.3) is 0 Å². The second-order valence-electron chi connectivity index (χ2n) is 4.11. The Bertz CT molecular complexity index is 430. The first-order valence-corrected chi connectivity index (χ1v) is 6.72. The summed E-state index contributed by atoms with van der Waals surface area (Å²) in [4.78, 5) is 4.36. The first kappa shape index (κ1) is 19.9. The highest BCUT2D eigenvalue weighted by Crippen LogP contribution is 2.20. The summed E-state index contributed by atoms with van der Waals surface area (Å²) in [5.41, 5.74) is 0.626. The van der Waals surface area contributed by atoms with Gasteiger partial charge in [0.1, 0.15) is 5.75 Å². The molecule has 0 spiro atoms. The third-order valence-corrected chi connectivity index (χ3v) is 2.48. The van der Waals surface area contributed by atoms with Crippen molar-refractivity contribution < 1.29 is 13.5 Å². The molecule has 0 saturated heterocycles. The fourth-order valence-electron chi connectivity index (χ4n) is 1.59. The van der Waals surface area contributed by atoms with E-state index in [2.05, 4.69) is 27.3 Å². The molecule has 0 unspecified atom stereocenters. The normalized spacial score (nSPS) is 11.0. The van der Waals surface area contributed by atoms with Gasteiger partial charge in [0.2, 0.25) is 0 Å². The first-order chi connectivity index (χ1) is 9.67. The average Bonchev–Trinajstić information content (AvgIpc) is 2.42. The van der Waals surface area contributed by atoms with Crippen molar-refractivity contribution in [3.05, 3.63) is 29.8 Å². The lowest BCUT2D eigenvalue weighted by Crippen LogP contribution is -2.37. The number of halogens is 3. The van der Waals surface area contributed by atoms with Crippen molar-refractivity contribution in [3.63, 3.8) is 0 Å². The first-order valence-electron chi connectivity index (χ1n) is 6.72. The number of rotatable bonds is 7. The van der Waals surface area contributed by atoms with Crippen LogP contribution < -0.4 is 15.4 Å². The number of hydrogen-bond acceptors (Lipinski definition) is 2. The van der Waals surface area contributed by atoms with E-state index in [0.717, 1.165) is 19.5 Å². The van der Waals surface area contributed by atoms with Crippen LogP contribution in [0.25, 0.3) is 0 Å². The fraction of sp³-hybridized carbons (Fsp3) is 0.500. The SMILES string of the molecule is CCCNC(=NCc1ccccc1OC(F)F)NCC.I. The Morgan fingerprint density at radius 2 is 1.95 bits per heavy atom. The van der Waals surface area contributed by atoms with Crippen molar-refractivity contribution in [3.8, 4) is 5.75 Å². The van der Waals surface area contributed by atoms with Crippen molar-refractivity contribution in [2.24, 2.45) is 4.99 Å². The largest absolute Gasteiger partial charge is 0.434 e. The van der Waals surface area contributed by atoms with E-state index in [0.29, 0.717) is 11.5 Å². The van der Waals surface area contributed by atoms with Gasteiger partial charge in [-0.1, -0.05) is 25.1 Å². The minimum absolute atomic E-state index is 0. The Hall–Kier alpha value is -1.12. The van der Waals surface area contributed by atoms with Crippen LogP contribution >= 0.6 is 24.0 Å². The molecule has 2 N–H and O–H groups in total. The van der Waals surface area contributed by atoms with E-state index in [-0.39, 0.29) is 36.3 Å². The highest BCUT2D eigenvalue weighted by Gasteiger charge is 2.08.